The van der Waals surface area contributed by atoms with E-state index in [9.17, 15) is 14.4 Å². The number of benzene rings is 3. The van der Waals surface area contributed by atoms with Gasteiger partial charge in [-0.15, -0.1) is 0 Å². The van der Waals surface area contributed by atoms with Gasteiger partial charge in [-0.3, -0.25) is 4.79 Å². The highest BCUT2D eigenvalue weighted by molar-refractivity contribution is 9.10. The third-order valence-corrected chi connectivity index (χ3v) is 7.69. The van der Waals surface area contributed by atoms with Crippen LogP contribution in [0.2, 0.25) is 0 Å². The van der Waals surface area contributed by atoms with E-state index in [1.54, 1.807) is 34.1 Å². The summed E-state index contributed by atoms with van der Waals surface area (Å²) in [5.74, 6) is -2.13. The molecule has 2 aliphatic heterocycles. The molecule has 0 N–H and O–H groups in total. The van der Waals surface area contributed by atoms with E-state index in [1.807, 2.05) is 61.5 Å². The van der Waals surface area contributed by atoms with Crippen molar-refractivity contribution >= 4 is 45.2 Å². The molecule has 206 valence electrons. The summed E-state index contributed by atoms with van der Waals surface area (Å²) in [4.78, 5) is 45.3. The number of esters is 2. The van der Waals surface area contributed by atoms with Gasteiger partial charge in [0, 0.05) is 27.8 Å². The van der Waals surface area contributed by atoms with E-state index in [0.717, 1.165) is 17.3 Å². The number of methoxy groups -OCH3 is 2. The molecule has 2 heterocycles. The van der Waals surface area contributed by atoms with Gasteiger partial charge in [0.05, 0.1) is 19.9 Å². The Morgan fingerprint density at radius 3 is 2.23 bits per heavy atom. The van der Waals surface area contributed by atoms with Crippen molar-refractivity contribution in [1.82, 2.24) is 0 Å². The highest BCUT2D eigenvalue weighted by Crippen LogP contribution is 2.55. The molecular weight excluding hydrogens is 576 g/mol. The van der Waals surface area contributed by atoms with Crippen molar-refractivity contribution in [3.8, 4) is 0 Å². The second kappa shape index (κ2) is 11.3. The number of fused-ring (bicyclic) bond motifs is 2. The standard InChI is InChI=1S/C31H29BrN2O6/c1-4-5-19-33-24-14-10-9-13-23(24)31(30(33)37)25(28(35)38-2)26(29(36)39-3)34(22-17-15-21(32)16-18-22)27(40-31)20-11-7-6-8-12-20/h6-18,27H,4-5,19H2,1-3H3/t27-,31+/m0/s1. The fraction of sp³-hybridized carbons (Fsp3) is 0.258. The van der Waals surface area contributed by atoms with E-state index < -0.39 is 29.7 Å². The Labute approximate surface area is 241 Å². The second-order valence-electron chi connectivity index (χ2n) is 9.44. The number of rotatable bonds is 7. The minimum atomic E-state index is -1.95. The molecule has 40 heavy (non-hydrogen) atoms. The van der Waals surface area contributed by atoms with Crippen molar-refractivity contribution in [2.45, 2.75) is 31.6 Å². The van der Waals surface area contributed by atoms with Gasteiger partial charge in [-0.2, -0.15) is 0 Å². The van der Waals surface area contributed by atoms with E-state index >= 15 is 0 Å². The molecule has 0 unspecified atom stereocenters. The van der Waals surface area contributed by atoms with E-state index in [2.05, 4.69) is 15.9 Å². The Morgan fingerprint density at radius 1 is 0.925 bits per heavy atom. The smallest absolute Gasteiger partial charge is 0.355 e. The predicted octanol–water partition coefficient (Wildman–Crippen LogP) is 5.63. The third kappa shape index (κ3) is 4.39. The van der Waals surface area contributed by atoms with Gasteiger partial charge in [0.15, 0.2) is 6.23 Å². The topological polar surface area (TPSA) is 85.4 Å². The average molecular weight is 605 g/mol. The molecule has 1 amide bonds. The number of para-hydroxylation sites is 1. The minimum absolute atomic E-state index is 0.128. The van der Waals surface area contributed by atoms with Gasteiger partial charge in [0.25, 0.3) is 5.91 Å². The fourth-order valence-corrected chi connectivity index (χ4v) is 5.60. The molecule has 0 aromatic heterocycles. The number of carbonyl (C=O) groups excluding carboxylic acids is 3. The molecule has 8 nitrogen and oxygen atoms in total. The van der Waals surface area contributed by atoms with Crippen molar-refractivity contribution in [3.05, 3.63) is 106 Å². The average Bonchev–Trinajstić information content (AvgIpc) is 3.22. The molecule has 0 aliphatic carbocycles. The number of carbonyl (C=O) groups is 3. The zero-order chi connectivity index (χ0) is 28.4. The first-order valence-electron chi connectivity index (χ1n) is 13.0. The molecule has 0 saturated carbocycles. The van der Waals surface area contributed by atoms with Gasteiger partial charge in [-0.1, -0.05) is 77.8 Å². The summed E-state index contributed by atoms with van der Waals surface area (Å²) in [5.41, 5.74) is 0.00552. The molecule has 0 fully saturated rings. The van der Waals surface area contributed by atoms with Crippen LogP contribution in [0.15, 0.2) is 94.6 Å². The van der Waals surface area contributed by atoms with Crippen LogP contribution in [0.25, 0.3) is 0 Å². The van der Waals surface area contributed by atoms with Crippen LogP contribution in [0.1, 0.15) is 37.1 Å². The molecule has 1 spiro atoms. The van der Waals surface area contributed by atoms with Gasteiger partial charge in [-0.05, 0) is 36.8 Å². The number of ether oxygens (including phenoxy) is 3. The summed E-state index contributed by atoms with van der Waals surface area (Å²) in [6.07, 6.45) is 0.620. The summed E-state index contributed by atoms with van der Waals surface area (Å²) in [5, 5.41) is 0. The van der Waals surface area contributed by atoms with Crippen LogP contribution in [0.4, 0.5) is 11.4 Å². The number of unbranched alkanes of at least 4 members (excludes halogenated alkanes) is 1. The predicted molar refractivity (Wildman–Crippen MR) is 153 cm³/mol. The summed E-state index contributed by atoms with van der Waals surface area (Å²) < 4.78 is 18.2. The van der Waals surface area contributed by atoms with Crippen LogP contribution in [0, 0.1) is 0 Å². The molecule has 2 aliphatic rings. The first-order valence-corrected chi connectivity index (χ1v) is 13.8. The van der Waals surface area contributed by atoms with Crippen molar-refractivity contribution in [3.63, 3.8) is 0 Å². The number of halogens is 1. The molecule has 2 atom stereocenters. The first kappa shape index (κ1) is 27.6. The van der Waals surface area contributed by atoms with Gasteiger partial charge < -0.3 is 24.0 Å². The molecular formula is C31H29BrN2O6. The van der Waals surface area contributed by atoms with Crippen molar-refractivity contribution < 1.29 is 28.6 Å². The zero-order valence-electron chi connectivity index (χ0n) is 22.4. The van der Waals surface area contributed by atoms with Gasteiger partial charge in [-0.25, -0.2) is 9.59 Å². The normalized spacial score (nSPS) is 20.1. The maximum atomic E-state index is 14.6. The Kier molecular flexibility index (Phi) is 7.78. The molecule has 0 saturated heterocycles. The quantitative estimate of drug-likeness (QED) is 0.323. The Morgan fingerprint density at radius 2 is 1.57 bits per heavy atom. The van der Waals surface area contributed by atoms with Crippen molar-refractivity contribution in [2.24, 2.45) is 0 Å². The van der Waals surface area contributed by atoms with E-state index in [-0.39, 0.29) is 11.3 Å². The van der Waals surface area contributed by atoms with E-state index in [0.29, 0.717) is 29.0 Å². The summed E-state index contributed by atoms with van der Waals surface area (Å²) in [6.45, 7) is 2.46. The highest BCUT2D eigenvalue weighted by atomic mass is 79.9. The number of amides is 1. The van der Waals surface area contributed by atoms with Crippen LogP contribution in [0.3, 0.4) is 0 Å². The molecule has 3 aromatic rings. The summed E-state index contributed by atoms with van der Waals surface area (Å²) in [7, 11) is 2.45. The lowest BCUT2D eigenvalue weighted by atomic mass is 9.83. The van der Waals surface area contributed by atoms with Crippen LogP contribution < -0.4 is 9.80 Å². The number of nitrogens with zero attached hydrogens (tertiary/aromatic N) is 2. The summed E-state index contributed by atoms with van der Waals surface area (Å²) >= 11 is 3.46. The molecule has 5 rings (SSSR count). The minimum Gasteiger partial charge on any atom is -0.465 e. The lowest BCUT2D eigenvalue weighted by Gasteiger charge is -2.46. The molecule has 3 aromatic carbocycles. The molecule has 0 radical (unpaired) electrons. The monoisotopic (exact) mass is 604 g/mol. The number of hydrogen-bond acceptors (Lipinski definition) is 7. The Balaban J connectivity index is 1.89. The first-order chi connectivity index (χ1) is 19.4. The number of anilines is 2. The van der Waals surface area contributed by atoms with Crippen LogP contribution in [-0.2, 0) is 34.2 Å². The number of hydrogen-bond donors (Lipinski definition) is 0. The molecule has 0 bridgehead atoms. The third-order valence-electron chi connectivity index (χ3n) is 7.17. The second-order valence-corrected chi connectivity index (χ2v) is 10.4. The van der Waals surface area contributed by atoms with E-state index in [1.165, 1.54) is 14.2 Å². The van der Waals surface area contributed by atoms with Crippen LogP contribution >= 0.6 is 15.9 Å². The lowest BCUT2D eigenvalue weighted by molar-refractivity contribution is -0.159. The van der Waals surface area contributed by atoms with Crippen molar-refractivity contribution in [1.29, 1.82) is 0 Å². The molecule has 9 heteroatoms. The lowest BCUT2D eigenvalue weighted by Crippen LogP contribution is -2.55. The van der Waals surface area contributed by atoms with Crippen molar-refractivity contribution in [2.75, 3.05) is 30.6 Å². The zero-order valence-corrected chi connectivity index (χ0v) is 24.0. The van der Waals surface area contributed by atoms with Crippen LogP contribution in [-0.4, -0.2) is 38.6 Å². The highest BCUT2D eigenvalue weighted by Gasteiger charge is 2.63. The SMILES string of the molecule is CCCCN1C(=O)[C@@]2(O[C@@H](c3ccccc3)N(c3ccc(Br)cc3)C(C(=O)OC)=C2C(=O)OC)c2ccccc21. The van der Waals surface area contributed by atoms with Crippen LogP contribution in [0.5, 0.6) is 0 Å². The van der Waals surface area contributed by atoms with Gasteiger partial charge in [0.2, 0.25) is 5.60 Å². The Bertz CT molecular complexity index is 1470. The maximum Gasteiger partial charge on any atom is 0.355 e. The van der Waals surface area contributed by atoms with Gasteiger partial charge in [0.1, 0.15) is 11.3 Å². The summed E-state index contributed by atoms with van der Waals surface area (Å²) in [6, 6.07) is 23.7. The fourth-order valence-electron chi connectivity index (χ4n) is 5.34. The van der Waals surface area contributed by atoms with Gasteiger partial charge >= 0.3 is 11.9 Å². The largest absolute Gasteiger partial charge is 0.465 e. The Hall–Kier alpha value is -3.95. The maximum absolute atomic E-state index is 14.6. The van der Waals surface area contributed by atoms with E-state index in [4.69, 9.17) is 14.2 Å².